The molecule has 0 radical (unpaired) electrons. The van der Waals surface area contributed by atoms with Crippen LogP contribution in [0.5, 0.6) is 0 Å². The Balaban J connectivity index is 1.77. The lowest BCUT2D eigenvalue weighted by molar-refractivity contribution is -0.0511. The highest BCUT2D eigenvalue weighted by Crippen LogP contribution is 2.42. The lowest BCUT2D eigenvalue weighted by atomic mass is 9.64. The second kappa shape index (κ2) is 7.40. The molecule has 0 spiro atoms. The van der Waals surface area contributed by atoms with E-state index in [0.29, 0.717) is 42.0 Å². The zero-order valence-electron chi connectivity index (χ0n) is 16.1. The third-order valence-corrected chi connectivity index (χ3v) is 5.48. The zero-order valence-corrected chi connectivity index (χ0v) is 16.1. The van der Waals surface area contributed by atoms with Crippen LogP contribution in [-0.4, -0.2) is 32.2 Å². The summed E-state index contributed by atoms with van der Waals surface area (Å²) in [6.07, 6.45) is 5.04. The van der Waals surface area contributed by atoms with Gasteiger partial charge in [-0.15, -0.1) is 0 Å². The maximum Gasteiger partial charge on any atom is 0.270 e. The Morgan fingerprint density at radius 3 is 2.71 bits per heavy atom. The van der Waals surface area contributed by atoms with Gasteiger partial charge >= 0.3 is 0 Å². The molecule has 0 amide bonds. The zero-order chi connectivity index (χ0) is 20.5. The van der Waals surface area contributed by atoms with E-state index in [9.17, 15) is 19.1 Å². The predicted molar refractivity (Wildman–Crippen MR) is 99.8 cm³/mol. The minimum Gasteiger partial charge on any atom is -0.392 e. The summed E-state index contributed by atoms with van der Waals surface area (Å²) in [5.74, 6) is -2.09. The van der Waals surface area contributed by atoms with Crippen LogP contribution in [0.15, 0.2) is 24.7 Å². The van der Waals surface area contributed by atoms with Crippen molar-refractivity contribution in [3.8, 4) is 6.07 Å². The molecule has 8 heteroatoms. The molecule has 0 aliphatic heterocycles. The monoisotopic (exact) mass is 387 g/mol. The summed E-state index contributed by atoms with van der Waals surface area (Å²) >= 11 is 0. The van der Waals surface area contributed by atoms with E-state index in [1.165, 1.54) is 24.7 Å². The molecule has 3 rings (SSSR count). The van der Waals surface area contributed by atoms with Gasteiger partial charge in [0.1, 0.15) is 23.3 Å². The minimum absolute atomic E-state index is 0.0129. The van der Waals surface area contributed by atoms with Crippen molar-refractivity contribution >= 4 is 5.82 Å². The van der Waals surface area contributed by atoms with E-state index >= 15 is 0 Å². The lowest BCUT2D eigenvalue weighted by Gasteiger charge is -2.49. The van der Waals surface area contributed by atoms with Crippen molar-refractivity contribution in [2.75, 3.05) is 5.32 Å². The smallest absolute Gasteiger partial charge is 0.270 e. The van der Waals surface area contributed by atoms with Gasteiger partial charge in [-0.2, -0.15) is 5.26 Å². The van der Waals surface area contributed by atoms with E-state index in [1.54, 1.807) is 0 Å². The molecule has 1 aliphatic carbocycles. The first-order chi connectivity index (χ1) is 13.1. The Bertz CT molecular complexity index is 904. The van der Waals surface area contributed by atoms with E-state index < -0.39 is 12.0 Å². The predicted octanol–water partition coefficient (Wildman–Crippen LogP) is 3.21. The van der Waals surface area contributed by atoms with Crippen molar-refractivity contribution < 1.29 is 13.9 Å². The van der Waals surface area contributed by atoms with Crippen LogP contribution in [0.4, 0.5) is 14.6 Å². The molecule has 1 fully saturated rings. The molecule has 2 aromatic rings. The van der Waals surface area contributed by atoms with E-state index in [-0.39, 0.29) is 17.0 Å². The molecule has 6 nitrogen and oxygen atoms in total. The van der Waals surface area contributed by atoms with Crippen LogP contribution in [0.3, 0.4) is 0 Å². The first kappa shape index (κ1) is 20.1. The standard InChI is InChI=1S/C20H23F2N5O/c1-19(2)15(8-16(19)28)26-18-13(9-23)11-25-17(27-18)5-4-12-10-24-7-6-14(12)20(3,21)22/h6-7,10-11,15-16,28H,4-5,8H2,1-3H3,(H,25,26,27)/t15-,16-/m0/s1. The van der Waals surface area contributed by atoms with Crippen molar-refractivity contribution in [1.82, 2.24) is 15.0 Å². The van der Waals surface area contributed by atoms with Crippen LogP contribution < -0.4 is 5.32 Å². The second-order valence-electron chi connectivity index (χ2n) is 7.85. The van der Waals surface area contributed by atoms with E-state index in [2.05, 4.69) is 26.3 Å². The number of pyridine rings is 1. The number of hydrogen-bond donors (Lipinski definition) is 2. The lowest BCUT2D eigenvalue weighted by Crippen LogP contribution is -2.57. The Morgan fingerprint density at radius 1 is 1.36 bits per heavy atom. The number of nitriles is 1. The highest BCUT2D eigenvalue weighted by molar-refractivity contribution is 5.52. The topological polar surface area (TPSA) is 94.7 Å². The van der Waals surface area contributed by atoms with Gasteiger partial charge in [0.25, 0.3) is 5.92 Å². The number of hydrogen-bond acceptors (Lipinski definition) is 6. The van der Waals surface area contributed by atoms with Crippen LogP contribution in [-0.2, 0) is 18.8 Å². The summed E-state index contributed by atoms with van der Waals surface area (Å²) in [4.78, 5) is 12.6. The normalized spacial score (nSPS) is 20.9. The fraction of sp³-hybridized carbons (Fsp3) is 0.500. The number of rotatable bonds is 6. The highest BCUT2D eigenvalue weighted by atomic mass is 19.3. The van der Waals surface area contributed by atoms with Gasteiger partial charge in [0.2, 0.25) is 0 Å². The average molecular weight is 387 g/mol. The Morgan fingerprint density at radius 2 is 2.11 bits per heavy atom. The van der Waals surface area contributed by atoms with Crippen molar-refractivity contribution in [2.45, 2.75) is 58.1 Å². The molecule has 0 unspecified atom stereocenters. The molecule has 1 aliphatic rings. The summed E-state index contributed by atoms with van der Waals surface area (Å²) in [5.41, 5.74) is 0.373. The van der Waals surface area contributed by atoms with Gasteiger partial charge < -0.3 is 10.4 Å². The summed E-state index contributed by atoms with van der Waals surface area (Å²) < 4.78 is 27.5. The fourth-order valence-electron chi connectivity index (χ4n) is 3.34. The molecule has 148 valence electrons. The summed E-state index contributed by atoms with van der Waals surface area (Å²) in [6.45, 7) is 4.75. The largest absolute Gasteiger partial charge is 0.392 e. The van der Waals surface area contributed by atoms with Gasteiger partial charge in [0.15, 0.2) is 0 Å². The number of alkyl halides is 2. The van der Waals surface area contributed by atoms with Crippen LogP contribution in [0.1, 0.15) is 49.7 Å². The molecule has 2 N–H and O–H groups in total. The van der Waals surface area contributed by atoms with Crippen LogP contribution in [0, 0.1) is 16.7 Å². The maximum absolute atomic E-state index is 13.8. The van der Waals surface area contributed by atoms with Crippen molar-refractivity contribution in [3.05, 3.63) is 47.2 Å². The van der Waals surface area contributed by atoms with Gasteiger partial charge in [-0.1, -0.05) is 13.8 Å². The van der Waals surface area contributed by atoms with Crippen LogP contribution >= 0.6 is 0 Å². The molecule has 2 aromatic heterocycles. The molecule has 0 bridgehead atoms. The Hall–Kier alpha value is -2.66. The number of halogens is 2. The number of anilines is 1. The molecule has 1 saturated carbocycles. The van der Waals surface area contributed by atoms with Gasteiger partial charge in [0.05, 0.1) is 12.3 Å². The number of aliphatic hydroxyl groups is 1. The van der Waals surface area contributed by atoms with Crippen LogP contribution in [0.25, 0.3) is 0 Å². The third-order valence-electron chi connectivity index (χ3n) is 5.48. The van der Waals surface area contributed by atoms with Crippen molar-refractivity contribution in [2.24, 2.45) is 5.41 Å². The second-order valence-corrected chi connectivity index (χ2v) is 7.85. The highest BCUT2D eigenvalue weighted by Gasteiger charge is 2.47. The van der Waals surface area contributed by atoms with Crippen molar-refractivity contribution in [1.29, 1.82) is 5.26 Å². The molecule has 28 heavy (non-hydrogen) atoms. The maximum atomic E-state index is 13.8. The van der Waals surface area contributed by atoms with Crippen LogP contribution in [0.2, 0.25) is 0 Å². The van der Waals surface area contributed by atoms with Gasteiger partial charge in [-0.25, -0.2) is 18.7 Å². The van der Waals surface area contributed by atoms with E-state index in [4.69, 9.17) is 0 Å². The fourth-order valence-corrected chi connectivity index (χ4v) is 3.34. The third kappa shape index (κ3) is 3.94. The van der Waals surface area contributed by atoms with Crippen molar-refractivity contribution in [3.63, 3.8) is 0 Å². The van der Waals surface area contributed by atoms with Gasteiger partial charge in [0, 0.05) is 42.8 Å². The molecular formula is C20H23F2N5O. The number of nitrogens with zero attached hydrogens (tertiary/aromatic N) is 4. The summed E-state index contributed by atoms with van der Waals surface area (Å²) in [5, 5.41) is 22.4. The number of nitrogens with one attached hydrogen (secondary N) is 1. The Kier molecular flexibility index (Phi) is 5.31. The minimum atomic E-state index is -2.95. The SMILES string of the molecule is CC(F)(F)c1ccncc1CCc1ncc(C#N)c(N[C@H]2C[C@H](O)C2(C)C)n1. The summed E-state index contributed by atoms with van der Waals surface area (Å²) in [7, 11) is 0. The Labute approximate surface area is 162 Å². The first-order valence-electron chi connectivity index (χ1n) is 9.14. The van der Waals surface area contributed by atoms with E-state index in [0.717, 1.165) is 6.92 Å². The molecule has 2 heterocycles. The number of aryl methyl sites for hydroxylation is 2. The molecule has 2 atom stereocenters. The summed E-state index contributed by atoms with van der Waals surface area (Å²) in [6, 6.07) is 3.37. The van der Waals surface area contributed by atoms with E-state index in [1.807, 2.05) is 13.8 Å². The quantitative estimate of drug-likeness (QED) is 0.790. The number of aromatic nitrogens is 3. The molecule has 0 saturated heterocycles. The average Bonchev–Trinajstić information content (AvgIpc) is 2.65. The molecular weight excluding hydrogens is 364 g/mol. The van der Waals surface area contributed by atoms with Gasteiger partial charge in [-0.3, -0.25) is 4.98 Å². The number of aliphatic hydroxyl groups excluding tert-OH is 1. The van der Waals surface area contributed by atoms with Gasteiger partial charge in [-0.05, 0) is 24.5 Å². The first-order valence-corrected chi connectivity index (χ1v) is 9.14. The molecule has 0 aromatic carbocycles.